The van der Waals surface area contributed by atoms with Gasteiger partial charge in [-0.05, 0) is 20.8 Å². The average molecular weight is 242 g/mol. The Morgan fingerprint density at radius 1 is 1.41 bits per heavy atom. The van der Waals surface area contributed by atoms with Crippen LogP contribution in [0.2, 0.25) is 0 Å². The van der Waals surface area contributed by atoms with Gasteiger partial charge in [0.15, 0.2) is 6.04 Å². The maximum Gasteiger partial charge on any atom is 0.409 e. The van der Waals surface area contributed by atoms with Crippen molar-refractivity contribution in [2.45, 2.75) is 32.4 Å². The summed E-state index contributed by atoms with van der Waals surface area (Å²) in [6.07, 6.45) is 4.40. The van der Waals surface area contributed by atoms with Crippen LogP contribution in [0.5, 0.6) is 0 Å². The van der Waals surface area contributed by atoms with Crippen molar-refractivity contribution < 1.29 is 19.2 Å². The van der Waals surface area contributed by atoms with Gasteiger partial charge in [-0.2, -0.15) is 0 Å². The molecule has 0 aliphatic rings. The van der Waals surface area contributed by atoms with E-state index in [2.05, 4.69) is 16.1 Å². The van der Waals surface area contributed by atoms with Gasteiger partial charge in [-0.3, -0.25) is 14.9 Å². The zero-order valence-electron chi connectivity index (χ0n) is 10.7. The number of carbonyl (C=O) groups is 2. The highest BCUT2D eigenvalue weighted by molar-refractivity contribution is 5.87. The van der Waals surface area contributed by atoms with Crippen molar-refractivity contribution in [1.29, 1.82) is 0 Å². The molecular formula is C11H18N2O4. The lowest BCUT2D eigenvalue weighted by atomic mass is 10.2. The highest BCUT2D eigenvalue weighted by atomic mass is 16.7. The summed E-state index contributed by atoms with van der Waals surface area (Å²) in [4.78, 5) is 27.7. The number of amides is 2. The zero-order chi connectivity index (χ0) is 13.6. The number of hydroxylamine groups is 2. The Kier molecular flexibility index (Phi) is 5.48. The maximum atomic E-state index is 11.6. The van der Waals surface area contributed by atoms with E-state index in [9.17, 15) is 9.59 Å². The van der Waals surface area contributed by atoms with Crippen LogP contribution in [0.1, 0.15) is 20.8 Å². The Labute approximate surface area is 101 Å². The number of terminal acetylenes is 1. The van der Waals surface area contributed by atoms with Gasteiger partial charge in [-0.1, -0.05) is 5.92 Å². The third kappa shape index (κ3) is 5.78. The molecule has 0 saturated heterocycles. The number of nitrogens with zero attached hydrogens (tertiary/aromatic N) is 1. The van der Waals surface area contributed by atoms with Crippen LogP contribution in [0.25, 0.3) is 0 Å². The van der Waals surface area contributed by atoms with Gasteiger partial charge in [-0.25, -0.2) is 9.86 Å². The molecule has 1 N–H and O–H groups in total. The molecule has 0 aromatic carbocycles. The van der Waals surface area contributed by atoms with Gasteiger partial charge in [0.1, 0.15) is 5.60 Å². The smallest absolute Gasteiger partial charge is 0.409 e. The Hall–Kier alpha value is -1.74. The molecule has 17 heavy (non-hydrogen) atoms. The van der Waals surface area contributed by atoms with E-state index in [4.69, 9.17) is 11.2 Å². The Morgan fingerprint density at radius 2 is 1.94 bits per heavy atom. The normalized spacial score (nSPS) is 12.2. The quantitative estimate of drug-likeness (QED) is 0.579. The van der Waals surface area contributed by atoms with Crippen molar-refractivity contribution in [3.63, 3.8) is 0 Å². The number of carbonyl (C=O) groups excluding carboxylic acids is 2. The molecule has 0 saturated carbocycles. The van der Waals surface area contributed by atoms with E-state index >= 15 is 0 Å². The zero-order valence-corrected chi connectivity index (χ0v) is 10.7. The fourth-order valence-electron chi connectivity index (χ4n) is 0.872. The molecule has 0 aromatic heterocycles. The molecular weight excluding hydrogens is 224 g/mol. The van der Waals surface area contributed by atoms with Crippen molar-refractivity contribution in [3.8, 4) is 12.3 Å². The number of nitrogens with one attached hydrogen (secondary N) is 1. The van der Waals surface area contributed by atoms with Gasteiger partial charge in [0, 0.05) is 7.05 Å². The van der Waals surface area contributed by atoms with Gasteiger partial charge in [0.25, 0.3) is 5.91 Å². The summed E-state index contributed by atoms with van der Waals surface area (Å²) in [5.74, 6) is 1.60. The summed E-state index contributed by atoms with van der Waals surface area (Å²) in [6, 6.07) is -1.12. The van der Waals surface area contributed by atoms with Gasteiger partial charge < -0.3 is 4.74 Å². The van der Waals surface area contributed by atoms with Crippen molar-refractivity contribution in [2.75, 3.05) is 14.2 Å². The summed E-state index contributed by atoms with van der Waals surface area (Å²) >= 11 is 0. The summed E-state index contributed by atoms with van der Waals surface area (Å²) < 4.78 is 4.98. The van der Waals surface area contributed by atoms with E-state index in [0.717, 1.165) is 5.06 Å². The first-order chi connectivity index (χ1) is 7.71. The van der Waals surface area contributed by atoms with Crippen LogP contribution in [0.15, 0.2) is 0 Å². The van der Waals surface area contributed by atoms with E-state index < -0.39 is 23.6 Å². The van der Waals surface area contributed by atoms with Crippen LogP contribution < -0.4 is 5.32 Å². The number of hydrogen-bond acceptors (Lipinski definition) is 4. The highest BCUT2D eigenvalue weighted by Crippen LogP contribution is 2.06. The van der Waals surface area contributed by atoms with Crippen LogP contribution in [0.3, 0.4) is 0 Å². The average Bonchev–Trinajstić information content (AvgIpc) is 2.21. The summed E-state index contributed by atoms with van der Waals surface area (Å²) in [5.41, 5.74) is -0.653. The molecule has 0 spiro atoms. The molecule has 2 amide bonds. The van der Waals surface area contributed by atoms with Crippen LogP contribution in [0.4, 0.5) is 4.79 Å². The van der Waals surface area contributed by atoms with E-state index in [1.54, 1.807) is 20.8 Å². The molecule has 1 atom stereocenters. The Balaban J connectivity index is 4.48. The number of ether oxygens (including phenoxy) is 1. The first kappa shape index (κ1) is 15.3. The lowest BCUT2D eigenvalue weighted by Crippen LogP contribution is -2.47. The summed E-state index contributed by atoms with van der Waals surface area (Å²) in [6.45, 7) is 5.13. The standard InChI is InChI=1S/C11H18N2O4/c1-7-8(9(14)13(5)16-6)12-10(15)17-11(2,3)4/h1,8H,2-6H3,(H,12,15)/t8-/m0/s1. The highest BCUT2D eigenvalue weighted by Gasteiger charge is 2.25. The predicted molar refractivity (Wildman–Crippen MR) is 61.8 cm³/mol. The molecule has 0 aliphatic heterocycles. The largest absolute Gasteiger partial charge is 0.444 e. The third-order valence-corrected chi connectivity index (χ3v) is 1.66. The predicted octanol–water partition coefficient (Wildman–Crippen LogP) is 0.533. The molecule has 6 nitrogen and oxygen atoms in total. The molecule has 0 aromatic rings. The van der Waals surface area contributed by atoms with Crippen molar-refractivity contribution >= 4 is 12.0 Å². The molecule has 0 rings (SSSR count). The number of likely N-dealkylation sites (N-methyl/N-ethyl adjacent to an activating group) is 1. The summed E-state index contributed by atoms with van der Waals surface area (Å²) in [7, 11) is 2.71. The van der Waals surface area contributed by atoms with Crippen LogP contribution in [-0.2, 0) is 14.4 Å². The Morgan fingerprint density at radius 3 is 2.29 bits per heavy atom. The van der Waals surface area contributed by atoms with Gasteiger partial charge in [0.05, 0.1) is 7.11 Å². The molecule has 0 radical (unpaired) electrons. The number of hydrogen-bond donors (Lipinski definition) is 1. The fourth-order valence-corrected chi connectivity index (χ4v) is 0.872. The lowest BCUT2D eigenvalue weighted by Gasteiger charge is -2.22. The molecule has 0 fully saturated rings. The van der Waals surface area contributed by atoms with Crippen molar-refractivity contribution in [1.82, 2.24) is 10.4 Å². The van der Waals surface area contributed by atoms with Crippen LogP contribution in [-0.4, -0.2) is 42.9 Å². The van der Waals surface area contributed by atoms with E-state index in [1.165, 1.54) is 14.2 Å². The number of alkyl carbamates (subject to hydrolysis) is 1. The SMILES string of the molecule is C#C[C@H](NC(=O)OC(C)(C)C)C(=O)N(C)OC. The molecule has 0 bridgehead atoms. The second-order valence-corrected chi connectivity index (χ2v) is 4.26. The van der Waals surface area contributed by atoms with Crippen LogP contribution in [0, 0.1) is 12.3 Å². The topological polar surface area (TPSA) is 67.9 Å². The minimum atomic E-state index is -1.12. The monoisotopic (exact) mass is 242 g/mol. The third-order valence-electron chi connectivity index (χ3n) is 1.66. The van der Waals surface area contributed by atoms with E-state index in [0.29, 0.717) is 0 Å². The van der Waals surface area contributed by atoms with Crippen molar-refractivity contribution in [3.05, 3.63) is 0 Å². The molecule has 6 heteroatoms. The lowest BCUT2D eigenvalue weighted by molar-refractivity contribution is -0.169. The maximum absolute atomic E-state index is 11.6. The molecule has 96 valence electrons. The first-order valence-electron chi connectivity index (χ1n) is 4.98. The first-order valence-corrected chi connectivity index (χ1v) is 4.98. The second-order valence-electron chi connectivity index (χ2n) is 4.26. The number of rotatable bonds is 3. The van der Waals surface area contributed by atoms with Crippen molar-refractivity contribution in [2.24, 2.45) is 0 Å². The minimum absolute atomic E-state index is 0.555. The molecule has 0 heterocycles. The second kappa shape index (κ2) is 6.11. The molecule has 0 aliphatic carbocycles. The fraction of sp³-hybridized carbons (Fsp3) is 0.636. The van der Waals surface area contributed by atoms with Crippen LogP contribution >= 0.6 is 0 Å². The van der Waals surface area contributed by atoms with Gasteiger partial charge >= 0.3 is 6.09 Å². The van der Waals surface area contributed by atoms with Gasteiger partial charge in [0.2, 0.25) is 0 Å². The molecule has 0 unspecified atom stereocenters. The minimum Gasteiger partial charge on any atom is -0.444 e. The van der Waals surface area contributed by atoms with E-state index in [1.807, 2.05) is 0 Å². The van der Waals surface area contributed by atoms with E-state index in [-0.39, 0.29) is 0 Å². The summed E-state index contributed by atoms with van der Waals surface area (Å²) in [5, 5.41) is 3.20. The van der Waals surface area contributed by atoms with Gasteiger partial charge in [-0.15, -0.1) is 6.42 Å². The Bertz CT molecular complexity index is 327.